The van der Waals surface area contributed by atoms with Crippen molar-refractivity contribution >= 4 is 51.6 Å². The Morgan fingerprint density at radius 1 is 1.05 bits per heavy atom. The van der Waals surface area contributed by atoms with Crippen LogP contribution >= 0.6 is 23.1 Å². The topological polar surface area (TPSA) is 87.7 Å². The Morgan fingerprint density at radius 2 is 1.85 bits per heavy atom. The number of rotatable bonds is 12. The van der Waals surface area contributed by atoms with Crippen molar-refractivity contribution in [1.82, 2.24) is 4.90 Å². The maximum absolute atomic E-state index is 13.5. The summed E-state index contributed by atoms with van der Waals surface area (Å²) in [6.07, 6.45) is 2.58. The number of fused-ring (bicyclic) bond motifs is 1. The van der Waals surface area contributed by atoms with Crippen molar-refractivity contribution in [3.05, 3.63) is 76.2 Å². The zero-order chi connectivity index (χ0) is 28.5. The summed E-state index contributed by atoms with van der Waals surface area (Å²) in [5.41, 5.74) is 3.45. The lowest BCUT2D eigenvalue weighted by molar-refractivity contribution is -0.116. The van der Waals surface area contributed by atoms with E-state index in [1.54, 1.807) is 6.92 Å². The van der Waals surface area contributed by atoms with E-state index in [9.17, 15) is 14.4 Å². The minimum Gasteiger partial charge on any atom is -0.462 e. The number of anilines is 2. The van der Waals surface area contributed by atoms with Gasteiger partial charge in [0.25, 0.3) is 0 Å². The number of ether oxygens (including phenoxy) is 1. The first-order chi connectivity index (χ1) is 19.4. The lowest BCUT2D eigenvalue weighted by Gasteiger charge is -2.27. The van der Waals surface area contributed by atoms with Crippen LogP contribution in [0.25, 0.3) is 0 Å². The lowest BCUT2D eigenvalue weighted by atomic mass is 10.0. The van der Waals surface area contributed by atoms with Gasteiger partial charge in [0.1, 0.15) is 5.00 Å². The van der Waals surface area contributed by atoms with E-state index in [1.807, 2.05) is 56.3 Å². The van der Waals surface area contributed by atoms with Crippen molar-refractivity contribution < 1.29 is 19.1 Å². The summed E-state index contributed by atoms with van der Waals surface area (Å²) in [5, 5.41) is 6.19. The third-order valence-corrected chi connectivity index (χ3v) is 9.13. The van der Waals surface area contributed by atoms with Crippen molar-refractivity contribution in [2.45, 2.75) is 69.7 Å². The molecule has 4 rings (SSSR count). The minimum absolute atomic E-state index is 0.0232. The second kappa shape index (κ2) is 14.5. The molecule has 0 saturated carbocycles. The maximum Gasteiger partial charge on any atom is 0.341 e. The SMILES string of the molecule is CCCC(=O)Nc1cccc(SC(CC)C(=O)Nc2sc3c(c2C(=O)OCC)CCN(Cc2ccccc2)C3)c1. The molecular formula is C31H37N3O4S2. The molecule has 2 aromatic carbocycles. The quantitative estimate of drug-likeness (QED) is 0.183. The minimum atomic E-state index is -0.386. The normalized spacial score (nSPS) is 13.8. The highest BCUT2D eigenvalue weighted by Gasteiger charge is 2.30. The summed E-state index contributed by atoms with van der Waals surface area (Å²) >= 11 is 2.92. The summed E-state index contributed by atoms with van der Waals surface area (Å²) in [6.45, 7) is 8.39. The Bertz CT molecular complexity index is 1330. The van der Waals surface area contributed by atoms with Gasteiger partial charge in [-0.15, -0.1) is 23.1 Å². The van der Waals surface area contributed by atoms with E-state index in [0.717, 1.165) is 47.8 Å². The molecule has 1 aromatic heterocycles. The van der Waals surface area contributed by atoms with Gasteiger partial charge in [0, 0.05) is 41.5 Å². The number of nitrogens with one attached hydrogen (secondary N) is 2. The molecule has 2 heterocycles. The number of thiophene rings is 1. The average Bonchev–Trinajstić information content (AvgIpc) is 3.29. The molecule has 7 nitrogen and oxygen atoms in total. The zero-order valence-electron chi connectivity index (χ0n) is 23.3. The van der Waals surface area contributed by atoms with Crippen LogP contribution in [0.5, 0.6) is 0 Å². The van der Waals surface area contributed by atoms with E-state index in [4.69, 9.17) is 4.74 Å². The molecule has 1 aliphatic heterocycles. The fourth-order valence-electron chi connectivity index (χ4n) is 4.72. The fraction of sp³-hybridized carbons (Fsp3) is 0.387. The van der Waals surface area contributed by atoms with Gasteiger partial charge in [-0.2, -0.15) is 0 Å². The molecule has 212 valence electrons. The van der Waals surface area contributed by atoms with Crippen LogP contribution in [-0.2, 0) is 33.8 Å². The van der Waals surface area contributed by atoms with Gasteiger partial charge in [0.15, 0.2) is 0 Å². The molecule has 1 atom stereocenters. The number of hydrogen-bond donors (Lipinski definition) is 2. The van der Waals surface area contributed by atoms with E-state index in [-0.39, 0.29) is 29.6 Å². The molecule has 3 aromatic rings. The van der Waals surface area contributed by atoms with Crippen LogP contribution in [0.15, 0.2) is 59.5 Å². The number of hydrogen-bond acceptors (Lipinski definition) is 7. The van der Waals surface area contributed by atoms with Gasteiger partial charge in [-0.1, -0.05) is 50.2 Å². The van der Waals surface area contributed by atoms with Crippen molar-refractivity contribution in [3.63, 3.8) is 0 Å². The van der Waals surface area contributed by atoms with Crippen LogP contribution in [0.3, 0.4) is 0 Å². The Labute approximate surface area is 244 Å². The maximum atomic E-state index is 13.5. The summed E-state index contributed by atoms with van der Waals surface area (Å²) in [5.74, 6) is -0.564. The summed E-state index contributed by atoms with van der Waals surface area (Å²) in [4.78, 5) is 42.9. The van der Waals surface area contributed by atoms with Crippen LogP contribution in [0.2, 0.25) is 0 Å². The van der Waals surface area contributed by atoms with Crippen molar-refractivity contribution in [3.8, 4) is 0 Å². The summed E-state index contributed by atoms with van der Waals surface area (Å²) < 4.78 is 5.40. The second-order valence-corrected chi connectivity index (χ2v) is 12.1. The van der Waals surface area contributed by atoms with Crippen LogP contribution in [-0.4, -0.2) is 41.1 Å². The third kappa shape index (κ3) is 7.74. The third-order valence-electron chi connectivity index (χ3n) is 6.64. The summed E-state index contributed by atoms with van der Waals surface area (Å²) in [6, 6.07) is 17.9. The van der Waals surface area contributed by atoms with Gasteiger partial charge in [0.05, 0.1) is 17.4 Å². The highest BCUT2D eigenvalue weighted by Crippen LogP contribution is 2.39. The van der Waals surface area contributed by atoms with Gasteiger partial charge >= 0.3 is 5.97 Å². The number of esters is 1. The predicted molar refractivity (Wildman–Crippen MR) is 163 cm³/mol. The molecule has 0 bridgehead atoms. The number of carbonyl (C=O) groups excluding carboxylic acids is 3. The standard InChI is InChI=1S/C31H37N3O4S2/c1-4-11-27(35)32-22-14-10-15-23(18-22)39-25(5-2)29(36)33-30-28(31(37)38-6-3)24-16-17-34(20-26(24)40-30)19-21-12-8-7-9-13-21/h7-10,12-15,18,25H,4-6,11,16-17,19-20H2,1-3H3,(H,32,35)(H,33,36). The van der Waals surface area contributed by atoms with Crippen molar-refractivity contribution in [1.29, 1.82) is 0 Å². The van der Waals surface area contributed by atoms with Crippen molar-refractivity contribution in [2.75, 3.05) is 23.8 Å². The molecule has 2 N–H and O–H groups in total. The molecule has 9 heteroatoms. The molecule has 2 amide bonds. The van der Waals surface area contributed by atoms with Gasteiger partial charge in [-0.25, -0.2) is 4.79 Å². The Morgan fingerprint density at radius 3 is 2.58 bits per heavy atom. The lowest BCUT2D eigenvalue weighted by Crippen LogP contribution is -2.30. The molecule has 0 fully saturated rings. The smallest absolute Gasteiger partial charge is 0.341 e. The number of carbonyl (C=O) groups is 3. The zero-order valence-corrected chi connectivity index (χ0v) is 25.0. The Balaban J connectivity index is 1.50. The van der Waals surface area contributed by atoms with Gasteiger partial charge in [-0.3, -0.25) is 14.5 Å². The van der Waals surface area contributed by atoms with Crippen LogP contribution < -0.4 is 10.6 Å². The van der Waals surface area contributed by atoms with Gasteiger partial charge in [0.2, 0.25) is 11.8 Å². The largest absolute Gasteiger partial charge is 0.462 e. The van der Waals surface area contributed by atoms with E-state index >= 15 is 0 Å². The molecule has 1 aliphatic rings. The molecular weight excluding hydrogens is 542 g/mol. The molecule has 0 aliphatic carbocycles. The van der Waals surface area contributed by atoms with E-state index < -0.39 is 0 Å². The molecule has 1 unspecified atom stereocenters. The van der Waals surface area contributed by atoms with Crippen LogP contribution in [0.4, 0.5) is 10.7 Å². The molecule has 40 heavy (non-hydrogen) atoms. The Hall–Kier alpha value is -3.14. The molecule has 0 spiro atoms. The number of thioether (sulfide) groups is 1. The predicted octanol–water partition coefficient (Wildman–Crippen LogP) is 6.73. The second-order valence-electron chi connectivity index (χ2n) is 9.70. The van der Waals surface area contributed by atoms with E-state index in [2.05, 4.69) is 27.7 Å². The number of amides is 2. The van der Waals surface area contributed by atoms with Crippen molar-refractivity contribution in [2.24, 2.45) is 0 Å². The first-order valence-corrected chi connectivity index (χ1v) is 15.6. The van der Waals surface area contributed by atoms with Gasteiger partial charge < -0.3 is 15.4 Å². The van der Waals surface area contributed by atoms with Crippen LogP contribution in [0, 0.1) is 0 Å². The van der Waals surface area contributed by atoms with E-state index in [1.165, 1.54) is 28.7 Å². The highest BCUT2D eigenvalue weighted by atomic mass is 32.2. The van der Waals surface area contributed by atoms with Gasteiger partial charge in [-0.05, 0) is 55.5 Å². The first kappa shape index (κ1) is 29.8. The molecule has 0 saturated heterocycles. The average molecular weight is 580 g/mol. The van der Waals surface area contributed by atoms with Crippen LogP contribution in [0.1, 0.15) is 66.4 Å². The van der Waals surface area contributed by atoms with E-state index in [0.29, 0.717) is 29.1 Å². The monoisotopic (exact) mass is 579 g/mol. The Kier molecular flexibility index (Phi) is 10.8. The first-order valence-electron chi connectivity index (χ1n) is 13.9. The highest BCUT2D eigenvalue weighted by molar-refractivity contribution is 8.00. The number of nitrogens with zero attached hydrogens (tertiary/aromatic N) is 1. The number of benzene rings is 2. The fourth-order valence-corrected chi connectivity index (χ4v) is 7.01. The summed E-state index contributed by atoms with van der Waals surface area (Å²) in [7, 11) is 0. The molecule has 0 radical (unpaired) electrons.